The predicted octanol–water partition coefficient (Wildman–Crippen LogP) is 2.51. The summed E-state index contributed by atoms with van der Waals surface area (Å²) in [6.45, 7) is 1.29. The zero-order chi connectivity index (χ0) is 14.2. The molecule has 0 aliphatic carbocycles. The molecule has 1 saturated heterocycles. The summed E-state index contributed by atoms with van der Waals surface area (Å²) < 4.78 is 5.38. The molecule has 1 amide bonds. The molecule has 1 aromatic carbocycles. The van der Waals surface area contributed by atoms with E-state index in [9.17, 15) is 4.79 Å². The molecule has 110 valence electrons. The normalized spacial score (nSPS) is 18.2. The van der Waals surface area contributed by atoms with E-state index in [0.717, 1.165) is 36.5 Å². The number of nitrogens with zero attached hydrogens (tertiary/aromatic N) is 1. The maximum atomic E-state index is 12.1. The topological polar surface area (TPSA) is 49.8 Å². The molecule has 0 radical (unpaired) electrons. The molecule has 0 aromatic heterocycles. The summed E-state index contributed by atoms with van der Waals surface area (Å²) in [5.41, 5.74) is 1.01. The van der Waals surface area contributed by atoms with E-state index in [2.05, 4.69) is 0 Å². The highest BCUT2D eigenvalue weighted by atomic mass is 32.2. The quantitative estimate of drug-likeness (QED) is 0.819. The van der Waals surface area contributed by atoms with Gasteiger partial charge in [0.05, 0.1) is 6.61 Å². The molecule has 5 heteroatoms. The molecule has 1 atom stereocenters. The fraction of sp³-hybridized carbons (Fsp3) is 0.533. The number of thioether (sulfide) groups is 1. The van der Waals surface area contributed by atoms with E-state index in [0.29, 0.717) is 6.61 Å². The van der Waals surface area contributed by atoms with Crippen molar-refractivity contribution in [3.8, 4) is 0 Å². The summed E-state index contributed by atoms with van der Waals surface area (Å²) in [5.74, 6) is 1.60. The van der Waals surface area contributed by atoms with Gasteiger partial charge in [-0.2, -0.15) is 11.8 Å². The Morgan fingerprint density at radius 3 is 2.95 bits per heavy atom. The molecule has 20 heavy (non-hydrogen) atoms. The molecule has 1 aliphatic rings. The van der Waals surface area contributed by atoms with Gasteiger partial charge < -0.3 is 14.7 Å². The minimum absolute atomic E-state index is 0.190. The first kappa shape index (κ1) is 15.2. The summed E-state index contributed by atoms with van der Waals surface area (Å²) in [6.07, 6.45) is 1.84. The van der Waals surface area contributed by atoms with Crippen molar-refractivity contribution in [2.45, 2.75) is 25.5 Å². The lowest BCUT2D eigenvalue weighted by Gasteiger charge is -2.23. The van der Waals surface area contributed by atoms with Gasteiger partial charge in [-0.05, 0) is 18.4 Å². The van der Waals surface area contributed by atoms with Crippen LogP contribution in [0.5, 0.6) is 0 Å². The molecule has 0 unspecified atom stereocenters. The van der Waals surface area contributed by atoms with Gasteiger partial charge in [0.1, 0.15) is 6.61 Å². The number of carbonyl (C=O) groups excluding carboxylic acids is 1. The van der Waals surface area contributed by atoms with Crippen molar-refractivity contribution >= 4 is 17.9 Å². The van der Waals surface area contributed by atoms with E-state index in [4.69, 9.17) is 9.84 Å². The highest BCUT2D eigenvalue weighted by molar-refractivity contribution is 7.99. The van der Waals surface area contributed by atoms with Gasteiger partial charge in [0.25, 0.3) is 0 Å². The number of aliphatic hydroxyl groups excluding tert-OH is 1. The molecule has 2 rings (SSSR count). The Bertz CT molecular complexity index is 413. The first-order chi connectivity index (χ1) is 9.81. The highest BCUT2D eigenvalue weighted by Gasteiger charge is 2.29. The molecule has 4 nitrogen and oxygen atoms in total. The van der Waals surface area contributed by atoms with Gasteiger partial charge in [0.2, 0.25) is 0 Å². The van der Waals surface area contributed by atoms with E-state index >= 15 is 0 Å². The zero-order valence-corrected chi connectivity index (χ0v) is 12.3. The number of hydrogen-bond acceptors (Lipinski definition) is 4. The monoisotopic (exact) mass is 295 g/mol. The summed E-state index contributed by atoms with van der Waals surface area (Å²) in [5, 5.41) is 8.80. The maximum Gasteiger partial charge on any atom is 0.410 e. The van der Waals surface area contributed by atoms with Crippen molar-refractivity contribution in [1.29, 1.82) is 0 Å². The molecule has 0 saturated carbocycles. The van der Waals surface area contributed by atoms with Crippen molar-refractivity contribution in [3.05, 3.63) is 35.9 Å². The standard InChI is InChI=1S/C15H21NO3S/c17-9-10-20-12-14-7-4-8-16(14)15(18)19-11-13-5-2-1-3-6-13/h1-3,5-6,14,17H,4,7-12H2/t14-/m0/s1. The lowest BCUT2D eigenvalue weighted by atomic mass is 10.2. The van der Waals surface area contributed by atoms with Crippen LogP contribution in [0, 0.1) is 0 Å². The van der Waals surface area contributed by atoms with Crippen LogP contribution in [-0.4, -0.2) is 46.8 Å². The third-order valence-electron chi connectivity index (χ3n) is 3.36. The van der Waals surface area contributed by atoms with Crippen molar-refractivity contribution < 1.29 is 14.6 Å². The number of rotatable bonds is 6. The lowest BCUT2D eigenvalue weighted by Crippen LogP contribution is -2.37. The number of carbonyl (C=O) groups is 1. The van der Waals surface area contributed by atoms with E-state index in [1.807, 2.05) is 35.2 Å². The van der Waals surface area contributed by atoms with Gasteiger partial charge in [-0.1, -0.05) is 30.3 Å². The van der Waals surface area contributed by atoms with Crippen LogP contribution in [0.1, 0.15) is 18.4 Å². The number of amides is 1. The number of aliphatic hydroxyl groups is 1. The second kappa shape index (κ2) is 8.17. The van der Waals surface area contributed by atoms with Crippen molar-refractivity contribution in [1.82, 2.24) is 4.90 Å². The Balaban J connectivity index is 1.78. The van der Waals surface area contributed by atoms with Crippen molar-refractivity contribution in [2.24, 2.45) is 0 Å². The smallest absolute Gasteiger partial charge is 0.410 e. The Morgan fingerprint density at radius 2 is 2.20 bits per heavy atom. The minimum atomic E-state index is -0.221. The molecule has 1 aliphatic heterocycles. The third-order valence-corrected chi connectivity index (χ3v) is 4.45. The Morgan fingerprint density at radius 1 is 1.40 bits per heavy atom. The summed E-state index contributed by atoms with van der Waals surface area (Å²) >= 11 is 1.69. The molecule has 0 bridgehead atoms. The zero-order valence-electron chi connectivity index (χ0n) is 11.5. The van der Waals surface area contributed by atoms with Crippen LogP contribution in [-0.2, 0) is 11.3 Å². The Labute approximate surface area is 124 Å². The molecule has 0 spiro atoms. The molecule has 1 fully saturated rings. The van der Waals surface area contributed by atoms with Crippen molar-refractivity contribution in [2.75, 3.05) is 24.7 Å². The number of likely N-dealkylation sites (tertiary alicyclic amines) is 1. The number of hydrogen-bond donors (Lipinski definition) is 1. The van der Waals surface area contributed by atoms with Gasteiger partial charge in [-0.25, -0.2) is 4.79 Å². The lowest BCUT2D eigenvalue weighted by molar-refractivity contribution is 0.0950. The van der Waals surface area contributed by atoms with Crippen LogP contribution >= 0.6 is 11.8 Å². The van der Waals surface area contributed by atoms with E-state index in [1.54, 1.807) is 11.8 Å². The van der Waals surface area contributed by atoms with Crippen LogP contribution in [0.25, 0.3) is 0 Å². The van der Waals surface area contributed by atoms with E-state index < -0.39 is 0 Å². The fourth-order valence-corrected chi connectivity index (χ4v) is 3.25. The molecular weight excluding hydrogens is 274 g/mol. The predicted molar refractivity (Wildman–Crippen MR) is 80.8 cm³/mol. The first-order valence-electron chi connectivity index (χ1n) is 6.97. The maximum absolute atomic E-state index is 12.1. The van der Waals surface area contributed by atoms with E-state index in [1.165, 1.54) is 0 Å². The molecule has 1 N–H and O–H groups in total. The van der Waals surface area contributed by atoms with Crippen LogP contribution < -0.4 is 0 Å². The second-order valence-electron chi connectivity index (χ2n) is 4.83. The summed E-state index contributed by atoms with van der Waals surface area (Å²) in [6, 6.07) is 9.97. The third kappa shape index (κ3) is 4.42. The van der Waals surface area contributed by atoms with E-state index in [-0.39, 0.29) is 18.7 Å². The SMILES string of the molecule is O=C(OCc1ccccc1)N1CCC[C@H]1CSCCO. The second-order valence-corrected chi connectivity index (χ2v) is 5.98. The van der Waals surface area contributed by atoms with Crippen LogP contribution in [0.4, 0.5) is 4.79 Å². The number of ether oxygens (including phenoxy) is 1. The minimum Gasteiger partial charge on any atom is -0.445 e. The first-order valence-corrected chi connectivity index (χ1v) is 8.12. The van der Waals surface area contributed by atoms with Gasteiger partial charge >= 0.3 is 6.09 Å². The fourth-order valence-electron chi connectivity index (χ4n) is 2.34. The van der Waals surface area contributed by atoms with Gasteiger partial charge in [0, 0.05) is 24.1 Å². The molecular formula is C15H21NO3S. The van der Waals surface area contributed by atoms with Gasteiger partial charge in [-0.3, -0.25) is 0 Å². The summed E-state index contributed by atoms with van der Waals surface area (Å²) in [7, 11) is 0. The van der Waals surface area contributed by atoms with Gasteiger partial charge in [-0.15, -0.1) is 0 Å². The Hall–Kier alpha value is -1.20. The van der Waals surface area contributed by atoms with Crippen LogP contribution in [0.2, 0.25) is 0 Å². The van der Waals surface area contributed by atoms with Crippen LogP contribution in [0.3, 0.4) is 0 Å². The van der Waals surface area contributed by atoms with Crippen molar-refractivity contribution in [3.63, 3.8) is 0 Å². The average molecular weight is 295 g/mol. The molecule has 1 aromatic rings. The highest BCUT2D eigenvalue weighted by Crippen LogP contribution is 2.22. The largest absolute Gasteiger partial charge is 0.445 e. The molecule has 1 heterocycles. The van der Waals surface area contributed by atoms with Gasteiger partial charge in [0.15, 0.2) is 0 Å². The summed E-state index contributed by atoms with van der Waals surface area (Å²) in [4.78, 5) is 13.9. The Kier molecular flexibility index (Phi) is 6.21. The number of benzene rings is 1. The average Bonchev–Trinajstić information content (AvgIpc) is 2.95. The van der Waals surface area contributed by atoms with Crippen LogP contribution in [0.15, 0.2) is 30.3 Å².